The second-order valence-corrected chi connectivity index (χ2v) is 12.9. The number of rotatable bonds is 7. The SMILES string of the molecule is c1ccc(-c2cccc(N(c3ccccc3-c3ccccc3)c3cccc4c3c(-c3ccccc3)c(-c3ccccc3)c3ccccc34)c2)cc1. The van der Waals surface area contributed by atoms with Gasteiger partial charge in [-0.25, -0.2) is 0 Å². The van der Waals surface area contributed by atoms with Gasteiger partial charge in [-0.15, -0.1) is 0 Å². The van der Waals surface area contributed by atoms with E-state index in [1.54, 1.807) is 0 Å². The fourth-order valence-electron chi connectivity index (χ4n) is 7.60. The van der Waals surface area contributed by atoms with Crippen molar-refractivity contribution >= 4 is 38.6 Å². The van der Waals surface area contributed by atoms with Crippen molar-refractivity contribution in [3.05, 3.63) is 212 Å². The number of anilines is 3. The van der Waals surface area contributed by atoms with Gasteiger partial charge in [-0.1, -0.05) is 188 Å². The Morgan fingerprint density at radius 2 is 0.745 bits per heavy atom. The van der Waals surface area contributed by atoms with E-state index >= 15 is 0 Å². The first-order chi connectivity index (χ1) is 25.3. The van der Waals surface area contributed by atoms with Gasteiger partial charge in [0.15, 0.2) is 0 Å². The Kier molecular flexibility index (Phi) is 7.92. The third-order valence-electron chi connectivity index (χ3n) is 9.84. The molecule has 0 aliphatic heterocycles. The zero-order valence-electron chi connectivity index (χ0n) is 28.2. The number of para-hydroxylation sites is 1. The van der Waals surface area contributed by atoms with E-state index in [1.165, 1.54) is 66.1 Å². The first kappa shape index (κ1) is 30.4. The Bertz CT molecular complexity index is 2610. The Morgan fingerprint density at radius 1 is 0.275 bits per heavy atom. The van der Waals surface area contributed by atoms with Crippen molar-refractivity contribution in [3.63, 3.8) is 0 Å². The lowest BCUT2D eigenvalue weighted by atomic mass is 9.84. The maximum absolute atomic E-state index is 2.48. The summed E-state index contributed by atoms with van der Waals surface area (Å²) in [5.74, 6) is 0. The lowest BCUT2D eigenvalue weighted by Crippen LogP contribution is -2.12. The van der Waals surface area contributed by atoms with Crippen LogP contribution in [0.15, 0.2) is 212 Å². The molecule has 0 aromatic heterocycles. The van der Waals surface area contributed by atoms with Crippen LogP contribution >= 0.6 is 0 Å². The lowest BCUT2D eigenvalue weighted by molar-refractivity contribution is 1.30. The van der Waals surface area contributed by atoms with E-state index in [4.69, 9.17) is 0 Å². The van der Waals surface area contributed by atoms with Crippen LogP contribution in [0.3, 0.4) is 0 Å². The monoisotopic (exact) mass is 649 g/mol. The molecule has 0 saturated heterocycles. The minimum absolute atomic E-state index is 1.10. The number of nitrogens with zero attached hydrogens (tertiary/aromatic N) is 1. The van der Waals surface area contributed by atoms with Crippen LogP contribution in [-0.2, 0) is 0 Å². The standard InChI is InChI=1S/C50H35N/c1-5-19-36(20-6-1)40-27-17-28-41(35-40)51(46-33-16-15-29-42(46)37-21-7-2-8-22-37)47-34-18-32-45-43-30-13-14-31-44(43)48(38-23-9-3-10-24-38)49(50(45)47)39-25-11-4-12-26-39/h1-35H. The van der Waals surface area contributed by atoms with E-state index in [9.17, 15) is 0 Å². The maximum atomic E-state index is 2.48. The third kappa shape index (κ3) is 5.56. The lowest BCUT2D eigenvalue weighted by Gasteiger charge is -2.31. The van der Waals surface area contributed by atoms with E-state index in [0.717, 1.165) is 17.1 Å². The second-order valence-electron chi connectivity index (χ2n) is 12.9. The van der Waals surface area contributed by atoms with Gasteiger partial charge in [0.1, 0.15) is 0 Å². The van der Waals surface area contributed by atoms with Crippen molar-refractivity contribution in [2.45, 2.75) is 0 Å². The number of benzene rings is 9. The number of fused-ring (bicyclic) bond motifs is 3. The highest BCUT2D eigenvalue weighted by atomic mass is 15.1. The fourth-order valence-corrected chi connectivity index (χ4v) is 7.60. The molecule has 9 aromatic rings. The van der Waals surface area contributed by atoms with Crippen LogP contribution in [0.25, 0.3) is 66.1 Å². The van der Waals surface area contributed by atoms with E-state index in [1.807, 2.05) is 0 Å². The predicted octanol–water partition coefficient (Wildman–Crippen LogP) is 14.1. The van der Waals surface area contributed by atoms with E-state index in [-0.39, 0.29) is 0 Å². The third-order valence-corrected chi connectivity index (χ3v) is 9.84. The van der Waals surface area contributed by atoms with Crippen LogP contribution in [0.2, 0.25) is 0 Å². The molecule has 0 radical (unpaired) electrons. The van der Waals surface area contributed by atoms with Crippen LogP contribution in [0, 0.1) is 0 Å². The summed E-state index contributed by atoms with van der Waals surface area (Å²) in [5, 5.41) is 4.93. The molecule has 0 fully saturated rings. The molecule has 51 heavy (non-hydrogen) atoms. The van der Waals surface area contributed by atoms with Crippen molar-refractivity contribution in [1.82, 2.24) is 0 Å². The number of hydrogen-bond acceptors (Lipinski definition) is 1. The van der Waals surface area contributed by atoms with Gasteiger partial charge in [-0.05, 0) is 73.8 Å². The van der Waals surface area contributed by atoms with Crippen molar-refractivity contribution < 1.29 is 0 Å². The van der Waals surface area contributed by atoms with E-state index in [2.05, 4.69) is 217 Å². The van der Waals surface area contributed by atoms with Gasteiger partial charge in [-0.2, -0.15) is 0 Å². The molecule has 0 aliphatic rings. The Hall–Kier alpha value is -6.70. The summed E-state index contributed by atoms with van der Waals surface area (Å²) in [6.07, 6.45) is 0. The summed E-state index contributed by atoms with van der Waals surface area (Å²) >= 11 is 0. The van der Waals surface area contributed by atoms with Crippen molar-refractivity contribution in [2.75, 3.05) is 4.90 Å². The molecule has 0 amide bonds. The zero-order chi connectivity index (χ0) is 34.0. The van der Waals surface area contributed by atoms with E-state index in [0.29, 0.717) is 0 Å². The zero-order valence-corrected chi connectivity index (χ0v) is 28.2. The first-order valence-corrected chi connectivity index (χ1v) is 17.5. The van der Waals surface area contributed by atoms with Gasteiger partial charge >= 0.3 is 0 Å². The molecule has 1 heteroatoms. The molecule has 9 aromatic carbocycles. The summed E-state index contributed by atoms with van der Waals surface area (Å²) in [6, 6.07) is 76.7. The minimum Gasteiger partial charge on any atom is -0.309 e. The van der Waals surface area contributed by atoms with Crippen molar-refractivity contribution in [2.24, 2.45) is 0 Å². The molecule has 0 atom stereocenters. The average molecular weight is 650 g/mol. The maximum Gasteiger partial charge on any atom is 0.0547 e. The van der Waals surface area contributed by atoms with Crippen LogP contribution in [0.4, 0.5) is 17.1 Å². The van der Waals surface area contributed by atoms with Crippen LogP contribution in [-0.4, -0.2) is 0 Å². The summed E-state index contributed by atoms with van der Waals surface area (Å²) in [4.78, 5) is 2.48. The van der Waals surface area contributed by atoms with Gasteiger partial charge in [0.05, 0.1) is 11.4 Å². The minimum atomic E-state index is 1.10. The van der Waals surface area contributed by atoms with Gasteiger partial charge < -0.3 is 4.90 Å². The van der Waals surface area contributed by atoms with Crippen molar-refractivity contribution in [3.8, 4) is 44.5 Å². The molecule has 0 spiro atoms. The first-order valence-electron chi connectivity index (χ1n) is 17.5. The van der Waals surface area contributed by atoms with Gasteiger partial charge in [0, 0.05) is 22.2 Å². The van der Waals surface area contributed by atoms with Crippen LogP contribution in [0.5, 0.6) is 0 Å². The second kappa shape index (κ2) is 13.3. The normalized spacial score (nSPS) is 11.1. The molecule has 0 aliphatic carbocycles. The Labute approximate surface area is 299 Å². The van der Waals surface area contributed by atoms with E-state index < -0.39 is 0 Å². The topological polar surface area (TPSA) is 3.24 Å². The average Bonchev–Trinajstić information content (AvgIpc) is 3.22. The largest absolute Gasteiger partial charge is 0.309 e. The molecule has 0 N–H and O–H groups in total. The molecule has 0 unspecified atom stereocenters. The van der Waals surface area contributed by atoms with Crippen molar-refractivity contribution in [1.29, 1.82) is 0 Å². The fraction of sp³-hybridized carbons (Fsp3) is 0. The summed E-state index contributed by atoms with van der Waals surface area (Å²) < 4.78 is 0. The molecule has 1 nitrogen and oxygen atoms in total. The van der Waals surface area contributed by atoms with Gasteiger partial charge in [0.2, 0.25) is 0 Å². The summed E-state index contributed by atoms with van der Waals surface area (Å²) in [7, 11) is 0. The highest BCUT2D eigenvalue weighted by Crippen LogP contribution is 2.51. The summed E-state index contributed by atoms with van der Waals surface area (Å²) in [5.41, 5.74) is 12.9. The Balaban J connectivity index is 1.44. The van der Waals surface area contributed by atoms with Crippen LogP contribution in [0.1, 0.15) is 0 Å². The van der Waals surface area contributed by atoms with Gasteiger partial charge in [0.25, 0.3) is 0 Å². The molecule has 240 valence electrons. The Morgan fingerprint density at radius 3 is 1.43 bits per heavy atom. The van der Waals surface area contributed by atoms with Crippen LogP contribution < -0.4 is 4.90 Å². The highest BCUT2D eigenvalue weighted by molar-refractivity contribution is 6.25. The molecule has 0 bridgehead atoms. The molecule has 0 saturated carbocycles. The predicted molar refractivity (Wildman–Crippen MR) is 218 cm³/mol. The molecular formula is C50H35N. The quantitative estimate of drug-likeness (QED) is 0.155. The molecule has 9 rings (SSSR count). The number of hydrogen-bond donors (Lipinski definition) is 0. The van der Waals surface area contributed by atoms with Gasteiger partial charge in [-0.3, -0.25) is 0 Å². The smallest absolute Gasteiger partial charge is 0.0547 e. The highest BCUT2D eigenvalue weighted by Gasteiger charge is 2.25. The molecular weight excluding hydrogens is 615 g/mol. The molecule has 0 heterocycles. The summed E-state index contributed by atoms with van der Waals surface area (Å²) in [6.45, 7) is 0.